The molecular weight excluding hydrogens is 457 g/mol. The molecule has 0 aliphatic rings. The van der Waals surface area contributed by atoms with E-state index in [0.29, 0.717) is 10.0 Å². The number of hydrogen-bond donors (Lipinski definition) is 1. The van der Waals surface area contributed by atoms with Crippen molar-refractivity contribution in [2.45, 2.75) is 18.9 Å². The summed E-state index contributed by atoms with van der Waals surface area (Å²) >= 11 is 16.0. The quantitative estimate of drug-likeness (QED) is 0.385. The second-order valence-electron chi connectivity index (χ2n) is 5.66. The summed E-state index contributed by atoms with van der Waals surface area (Å²) in [4.78, 5) is 12.5. The molecule has 27 heavy (non-hydrogen) atoms. The molecule has 0 aliphatic heterocycles. The first kappa shape index (κ1) is 21.2. The minimum atomic E-state index is -1.50. The van der Waals surface area contributed by atoms with Gasteiger partial charge in [-0.1, -0.05) is 63.4 Å². The predicted octanol–water partition coefficient (Wildman–Crippen LogP) is 5.63. The largest absolute Gasteiger partial charge is 0.337 e. The maximum atomic E-state index is 8.36. The summed E-state index contributed by atoms with van der Waals surface area (Å²) in [5.74, 6) is 0.276. The Kier molecular flexibility index (Phi) is 8.09. The lowest BCUT2D eigenvalue weighted by atomic mass is 9.91. The van der Waals surface area contributed by atoms with Crippen molar-refractivity contribution >= 4 is 39.1 Å². The van der Waals surface area contributed by atoms with Crippen LogP contribution in [-0.2, 0) is 13.0 Å². The topological polar surface area (TPSA) is 81.2 Å². The third-order valence-corrected chi connectivity index (χ3v) is 5.13. The van der Waals surface area contributed by atoms with Gasteiger partial charge in [-0.2, -0.15) is 0 Å². The van der Waals surface area contributed by atoms with Crippen LogP contribution in [0.25, 0.3) is 0 Å². The minimum Gasteiger partial charge on any atom is -0.337 e. The SMILES string of the molecule is Clc1ccc(CC(Cn2ccnc2)c2ccccc2Br)c(Cl)c1.O=[N+]([O-])O. The molecule has 1 N–H and O–H groups in total. The average molecular weight is 473 g/mol. The number of benzene rings is 2. The predicted molar refractivity (Wildman–Crippen MR) is 108 cm³/mol. The van der Waals surface area contributed by atoms with Gasteiger partial charge in [-0.15, -0.1) is 10.1 Å². The third-order valence-electron chi connectivity index (χ3n) is 3.82. The van der Waals surface area contributed by atoms with Crippen molar-refractivity contribution in [3.63, 3.8) is 0 Å². The van der Waals surface area contributed by atoms with Gasteiger partial charge in [0.1, 0.15) is 0 Å². The molecule has 3 aromatic rings. The summed E-state index contributed by atoms with van der Waals surface area (Å²) in [7, 11) is 0. The van der Waals surface area contributed by atoms with E-state index in [9.17, 15) is 0 Å². The second-order valence-corrected chi connectivity index (χ2v) is 7.35. The number of halogens is 3. The van der Waals surface area contributed by atoms with Gasteiger partial charge in [-0.25, -0.2) is 4.98 Å². The molecule has 0 saturated carbocycles. The fourth-order valence-electron chi connectivity index (χ4n) is 2.68. The van der Waals surface area contributed by atoms with Crippen LogP contribution >= 0.6 is 39.1 Å². The van der Waals surface area contributed by atoms with E-state index in [2.05, 4.69) is 43.7 Å². The van der Waals surface area contributed by atoms with Crippen molar-refractivity contribution in [1.82, 2.24) is 9.55 Å². The molecule has 3 rings (SSSR count). The van der Waals surface area contributed by atoms with Crippen LogP contribution in [0.4, 0.5) is 0 Å². The van der Waals surface area contributed by atoms with Crippen LogP contribution in [0, 0.1) is 10.1 Å². The van der Waals surface area contributed by atoms with E-state index in [1.54, 1.807) is 12.3 Å². The fraction of sp³-hybridized carbons (Fsp3) is 0.167. The molecule has 1 heterocycles. The lowest BCUT2D eigenvalue weighted by Crippen LogP contribution is -2.12. The number of imidazole rings is 1. The Bertz CT molecular complexity index is 887. The molecule has 0 fully saturated rings. The Morgan fingerprint density at radius 2 is 1.96 bits per heavy atom. The molecule has 9 heteroatoms. The monoisotopic (exact) mass is 471 g/mol. The van der Waals surface area contributed by atoms with Crippen molar-refractivity contribution in [2.24, 2.45) is 0 Å². The molecule has 0 bridgehead atoms. The van der Waals surface area contributed by atoms with Gasteiger partial charge >= 0.3 is 0 Å². The average Bonchev–Trinajstić information content (AvgIpc) is 3.10. The highest BCUT2D eigenvalue weighted by molar-refractivity contribution is 9.10. The molecule has 0 spiro atoms. The smallest absolute Gasteiger partial charge is 0.291 e. The van der Waals surface area contributed by atoms with Gasteiger partial charge in [-0.05, 0) is 35.7 Å². The zero-order valence-electron chi connectivity index (χ0n) is 14.0. The summed E-state index contributed by atoms with van der Waals surface area (Å²) in [5.41, 5.74) is 2.35. The Labute approximate surface area is 174 Å². The molecular formula is C18H16BrCl2N3O3. The van der Waals surface area contributed by atoms with Crippen LogP contribution in [0.5, 0.6) is 0 Å². The highest BCUT2D eigenvalue weighted by Crippen LogP contribution is 2.32. The number of rotatable bonds is 5. The van der Waals surface area contributed by atoms with Crippen molar-refractivity contribution < 1.29 is 10.3 Å². The minimum absolute atomic E-state index is 0.276. The van der Waals surface area contributed by atoms with E-state index >= 15 is 0 Å². The molecule has 1 atom stereocenters. The summed E-state index contributed by atoms with van der Waals surface area (Å²) < 4.78 is 3.20. The van der Waals surface area contributed by atoms with E-state index in [-0.39, 0.29) is 5.92 Å². The standard InChI is InChI=1S/C18H15BrCl2N2.HNO3/c19-17-4-2-1-3-16(17)14(11-23-8-7-22-12-23)9-13-5-6-15(20)10-18(13)21;2-1(3)4/h1-8,10,12,14H,9,11H2;(H,2,3,4). The first-order valence-corrected chi connectivity index (χ1v) is 9.39. The van der Waals surface area contributed by atoms with Crippen LogP contribution in [0.1, 0.15) is 17.0 Å². The van der Waals surface area contributed by atoms with E-state index in [0.717, 1.165) is 23.0 Å². The van der Waals surface area contributed by atoms with E-state index in [4.69, 9.17) is 38.5 Å². The fourth-order valence-corrected chi connectivity index (χ4v) is 3.78. The van der Waals surface area contributed by atoms with Crippen LogP contribution in [0.15, 0.2) is 65.7 Å². The third kappa shape index (κ3) is 6.86. The van der Waals surface area contributed by atoms with Crippen molar-refractivity contribution in [3.8, 4) is 0 Å². The molecule has 1 aromatic heterocycles. The highest BCUT2D eigenvalue weighted by atomic mass is 79.9. The normalized spacial score (nSPS) is 11.4. The van der Waals surface area contributed by atoms with Crippen molar-refractivity contribution in [3.05, 3.63) is 96.9 Å². The van der Waals surface area contributed by atoms with Crippen LogP contribution in [0.2, 0.25) is 10.0 Å². The molecule has 0 radical (unpaired) electrons. The summed E-state index contributed by atoms with van der Waals surface area (Å²) in [6.45, 7) is 0.835. The molecule has 6 nitrogen and oxygen atoms in total. The number of aromatic nitrogens is 2. The van der Waals surface area contributed by atoms with Crippen molar-refractivity contribution in [1.29, 1.82) is 0 Å². The molecule has 0 saturated heterocycles. The van der Waals surface area contributed by atoms with E-state index in [1.165, 1.54) is 5.56 Å². The Morgan fingerprint density at radius 3 is 2.56 bits per heavy atom. The number of nitrogens with zero attached hydrogens (tertiary/aromatic N) is 3. The number of hydrogen-bond acceptors (Lipinski definition) is 3. The first-order valence-electron chi connectivity index (χ1n) is 7.84. The lowest BCUT2D eigenvalue weighted by Gasteiger charge is -2.20. The maximum Gasteiger partial charge on any atom is 0.291 e. The summed E-state index contributed by atoms with van der Waals surface area (Å²) in [6, 6.07) is 14.0. The van der Waals surface area contributed by atoms with Crippen LogP contribution < -0.4 is 0 Å². The van der Waals surface area contributed by atoms with Gasteiger partial charge in [0.25, 0.3) is 5.09 Å². The summed E-state index contributed by atoms with van der Waals surface area (Å²) in [6.07, 6.45) is 6.45. The van der Waals surface area contributed by atoms with Crippen LogP contribution in [0.3, 0.4) is 0 Å². The molecule has 2 aromatic carbocycles. The van der Waals surface area contributed by atoms with Gasteiger partial charge < -0.3 is 9.77 Å². The Balaban J connectivity index is 0.000000596. The van der Waals surface area contributed by atoms with Crippen LogP contribution in [-0.4, -0.2) is 19.8 Å². The van der Waals surface area contributed by atoms with Gasteiger partial charge in [0.2, 0.25) is 0 Å². The highest BCUT2D eigenvalue weighted by Gasteiger charge is 2.17. The zero-order chi connectivity index (χ0) is 19.8. The molecule has 1 unspecified atom stereocenters. The Hall–Kier alpha value is -2.09. The second kappa shape index (κ2) is 10.3. The van der Waals surface area contributed by atoms with E-state index < -0.39 is 5.09 Å². The zero-order valence-corrected chi connectivity index (χ0v) is 17.1. The van der Waals surface area contributed by atoms with Gasteiger partial charge in [-0.3, -0.25) is 0 Å². The molecule has 0 aliphatic carbocycles. The maximum absolute atomic E-state index is 8.36. The first-order chi connectivity index (χ1) is 12.9. The molecule has 0 amide bonds. The van der Waals surface area contributed by atoms with Gasteiger partial charge in [0.05, 0.1) is 6.33 Å². The van der Waals surface area contributed by atoms with Crippen molar-refractivity contribution in [2.75, 3.05) is 0 Å². The van der Waals surface area contributed by atoms with Gasteiger partial charge in [0.15, 0.2) is 0 Å². The molecule has 142 valence electrons. The lowest BCUT2D eigenvalue weighted by molar-refractivity contribution is -0.742. The Morgan fingerprint density at radius 1 is 1.26 bits per heavy atom. The van der Waals surface area contributed by atoms with Gasteiger partial charge in [0, 0.05) is 39.4 Å². The summed E-state index contributed by atoms with van der Waals surface area (Å²) in [5, 5.41) is 15.0. The van der Waals surface area contributed by atoms with E-state index in [1.807, 2.05) is 30.7 Å².